The highest BCUT2D eigenvalue weighted by atomic mass is 32.2. The van der Waals surface area contributed by atoms with Crippen molar-refractivity contribution in [2.45, 2.75) is 30.7 Å². The van der Waals surface area contributed by atoms with E-state index in [1.165, 1.54) is 30.5 Å². The average Bonchev–Trinajstić information content (AvgIpc) is 3.30. The minimum absolute atomic E-state index is 0.0452. The number of fused-ring (bicyclic) bond motifs is 1. The molecule has 0 radical (unpaired) electrons. The zero-order valence-corrected chi connectivity index (χ0v) is 19.1. The van der Waals surface area contributed by atoms with Gasteiger partial charge in [-0.15, -0.1) is 0 Å². The summed E-state index contributed by atoms with van der Waals surface area (Å²) in [6, 6.07) is 8.38. The molecule has 0 spiro atoms. The standard InChI is InChI=1S/C22H25N3O7S/c1-14(26)23-17-12-15(5-7-19(17)30-2)24-22(27)18-4-3-9-25(18)33(28,29)16-6-8-20-21(13-16)32-11-10-31-20/h5-8,12-13,18H,3-4,9-11H2,1-2H3,(H,23,26)(H,24,27). The first-order valence-corrected chi connectivity index (χ1v) is 11.9. The first kappa shape index (κ1) is 22.9. The summed E-state index contributed by atoms with van der Waals surface area (Å²) in [5.41, 5.74) is 0.808. The van der Waals surface area contributed by atoms with Gasteiger partial charge in [-0.05, 0) is 43.2 Å². The van der Waals surface area contributed by atoms with Crippen molar-refractivity contribution in [1.82, 2.24) is 4.31 Å². The molecule has 0 saturated carbocycles. The number of rotatable bonds is 6. The lowest BCUT2D eigenvalue weighted by molar-refractivity contribution is -0.119. The lowest BCUT2D eigenvalue weighted by atomic mass is 10.2. The van der Waals surface area contributed by atoms with E-state index in [9.17, 15) is 18.0 Å². The summed E-state index contributed by atoms with van der Waals surface area (Å²) in [6.07, 6.45) is 0.950. The molecule has 11 heteroatoms. The van der Waals surface area contributed by atoms with E-state index >= 15 is 0 Å². The molecule has 33 heavy (non-hydrogen) atoms. The zero-order valence-electron chi connectivity index (χ0n) is 18.3. The van der Waals surface area contributed by atoms with Crippen molar-refractivity contribution in [3.63, 3.8) is 0 Å². The highest BCUT2D eigenvalue weighted by Crippen LogP contribution is 2.35. The van der Waals surface area contributed by atoms with E-state index in [2.05, 4.69) is 10.6 Å². The Balaban J connectivity index is 1.54. The van der Waals surface area contributed by atoms with Crippen LogP contribution in [0.5, 0.6) is 17.2 Å². The fourth-order valence-corrected chi connectivity index (χ4v) is 5.58. The van der Waals surface area contributed by atoms with E-state index in [1.54, 1.807) is 24.3 Å². The second-order valence-corrected chi connectivity index (χ2v) is 9.56. The van der Waals surface area contributed by atoms with Crippen LogP contribution in [0.1, 0.15) is 19.8 Å². The maximum absolute atomic E-state index is 13.3. The number of anilines is 2. The molecule has 0 aliphatic carbocycles. The molecule has 2 N–H and O–H groups in total. The molecule has 4 rings (SSSR count). The molecule has 2 heterocycles. The van der Waals surface area contributed by atoms with Crippen molar-refractivity contribution in [3.8, 4) is 17.2 Å². The lowest BCUT2D eigenvalue weighted by Gasteiger charge is -2.25. The van der Waals surface area contributed by atoms with E-state index in [4.69, 9.17) is 14.2 Å². The number of sulfonamides is 1. The fourth-order valence-electron chi connectivity index (χ4n) is 3.91. The molecule has 2 aromatic rings. The number of carbonyl (C=O) groups excluding carboxylic acids is 2. The number of amides is 2. The van der Waals surface area contributed by atoms with E-state index in [0.717, 1.165) is 0 Å². The van der Waals surface area contributed by atoms with Crippen molar-refractivity contribution in [2.24, 2.45) is 0 Å². The molecule has 10 nitrogen and oxygen atoms in total. The quantitative estimate of drug-likeness (QED) is 0.657. The van der Waals surface area contributed by atoms with Crippen molar-refractivity contribution >= 4 is 33.2 Å². The van der Waals surface area contributed by atoms with Crippen LogP contribution in [0, 0.1) is 0 Å². The Morgan fingerprint density at radius 3 is 2.55 bits per heavy atom. The topological polar surface area (TPSA) is 123 Å². The zero-order chi connectivity index (χ0) is 23.6. The Labute approximate surface area is 191 Å². The van der Waals surface area contributed by atoms with Crippen LogP contribution in [-0.4, -0.2) is 57.4 Å². The second-order valence-electron chi connectivity index (χ2n) is 7.66. The molecule has 176 valence electrons. The number of nitrogens with one attached hydrogen (secondary N) is 2. The molecular weight excluding hydrogens is 450 g/mol. The van der Waals surface area contributed by atoms with Crippen LogP contribution in [0.2, 0.25) is 0 Å². The van der Waals surface area contributed by atoms with Crippen LogP contribution in [-0.2, 0) is 19.6 Å². The number of carbonyl (C=O) groups is 2. The molecule has 1 fully saturated rings. The van der Waals surface area contributed by atoms with E-state index < -0.39 is 22.0 Å². The molecule has 1 unspecified atom stereocenters. The van der Waals surface area contributed by atoms with Crippen LogP contribution >= 0.6 is 0 Å². The minimum Gasteiger partial charge on any atom is -0.495 e. The normalized spacial score (nSPS) is 17.9. The predicted molar refractivity (Wildman–Crippen MR) is 120 cm³/mol. The number of benzene rings is 2. The highest BCUT2D eigenvalue weighted by molar-refractivity contribution is 7.89. The summed E-state index contributed by atoms with van der Waals surface area (Å²) in [7, 11) is -2.46. The largest absolute Gasteiger partial charge is 0.495 e. The highest BCUT2D eigenvalue weighted by Gasteiger charge is 2.40. The Hall–Kier alpha value is -3.31. The third-order valence-corrected chi connectivity index (χ3v) is 7.31. The van der Waals surface area contributed by atoms with Crippen molar-refractivity contribution in [2.75, 3.05) is 37.5 Å². The number of methoxy groups -OCH3 is 1. The molecule has 1 atom stereocenters. The number of nitrogens with zero attached hydrogens (tertiary/aromatic N) is 1. The predicted octanol–water partition coefficient (Wildman–Crippen LogP) is 2.22. The van der Waals surface area contributed by atoms with Gasteiger partial charge in [-0.3, -0.25) is 9.59 Å². The SMILES string of the molecule is COc1ccc(NC(=O)C2CCCN2S(=O)(=O)c2ccc3c(c2)OCCO3)cc1NC(C)=O. The van der Waals surface area contributed by atoms with Gasteiger partial charge in [0, 0.05) is 25.2 Å². The van der Waals surface area contributed by atoms with Crippen LogP contribution in [0.4, 0.5) is 11.4 Å². The van der Waals surface area contributed by atoms with Crippen molar-refractivity contribution < 1.29 is 32.2 Å². The van der Waals surface area contributed by atoms with Gasteiger partial charge in [0.2, 0.25) is 21.8 Å². The van der Waals surface area contributed by atoms with Gasteiger partial charge >= 0.3 is 0 Å². The van der Waals surface area contributed by atoms with Gasteiger partial charge in [0.15, 0.2) is 11.5 Å². The average molecular weight is 476 g/mol. The summed E-state index contributed by atoms with van der Waals surface area (Å²) in [4.78, 5) is 24.5. The Bertz CT molecular complexity index is 1180. The maximum atomic E-state index is 13.3. The summed E-state index contributed by atoms with van der Waals surface area (Å²) in [5.74, 6) is 0.556. The third kappa shape index (κ3) is 4.74. The summed E-state index contributed by atoms with van der Waals surface area (Å²) in [5, 5.41) is 5.40. The number of ether oxygens (including phenoxy) is 3. The van der Waals surface area contributed by atoms with Gasteiger partial charge in [0.1, 0.15) is 25.0 Å². The monoisotopic (exact) mass is 475 g/mol. The second kappa shape index (κ2) is 9.28. The molecule has 0 bridgehead atoms. The molecular formula is C22H25N3O7S. The van der Waals surface area contributed by atoms with Crippen LogP contribution in [0.3, 0.4) is 0 Å². The fraction of sp³-hybridized carbons (Fsp3) is 0.364. The summed E-state index contributed by atoms with van der Waals surface area (Å²) < 4.78 is 44.1. The van der Waals surface area contributed by atoms with Gasteiger partial charge in [0.05, 0.1) is 17.7 Å². The van der Waals surface area contributed by atoms with Crippen molar-refractivity contribution in [3.05, 3.63) is 36.4 Å². The molecule has 2 aromatic carbocycles. The maximum Gasteiger partial charge on any atom is 0.243 e. The van der Waals surface area contributed by atoms with Crippen LogP contribution in [0.15, 0.2) is 41.3 Å². The molecule has 1 saturated heterocycles. The Kier molecular flexibility index (Phi) is 6.43. The molecule has 0 aromatic heterocycles. The Morgan fingerprint density at radius 1 is 1.06 bits per heavy atom. The Morgan fingerprint density at radius 2 is 1.82 bits per heavy atom. The first-order valence-electron chi connectivity index (χ1n) is 10.5. The van der Waals surface area contributed by atoms with Gasteiger partial charge in [-0.2, -0.15) is 4.31 Å². The van der Waals surface area contributed by atoms with Gasteiger partial charge < -0.3 is 24.8 Å². The van der Waals surface area contributed by atoms with Crippen LogP contribution in [0.25, 0.3) is 0 Å². The van der Waals surface area contributed by atoms with Crippen LogP contribution < -0.4 is 24.8 Å². The summed E-state index contributed by atoms with van der Waals surface area (Å²) in [6.45, 7) is 2.34. The number of hydrogen-bond donors (Lipinski definition) is 2. The van der Waals surface area contributed by atoms with Gasteiger partial charge in [0.25, 0.3) is 0 Å². The van der Waals surface area contributed by atoms with E-state index in [-0.39, 0.29) is 17.3 Å². The van der Waals surface area contributed by atoms with Crippen molar-refractivity contribution in [1.29, 1.82) is 0 Å². The van der Waals surface area contributed by atoms with Gasteiger partial charge in [-0.1, -0.05) is 0 Å². The third-order valence-electron chi connectivity index (χ3n) is 5.40. The van der Waals surface area contributed by atoms with E-state index in [0.29, 0.717) is 54.7 Å². The first-order chi connectivity index (χ1) is 15.8. The number of hydrogen-bond acceptors (Lipinski definition) is 7. The summed E-state index contributed by atoms with van der Waals surface area (Å²) >= 11 is 0. The lowest BCUT2D eigenvalue weighted by Crippen LogP contribution is -2.43. The van der Waals surface area contributed by atoms with Gasteiger partial charge in [-0.25, -0.2) is 8.42 Å². The van der Waals surface area contributed by atoms with E-state index in [1.807, 2.05) is 0 Å². The molecule has 2 aliphatic heterocycles. The molecule has 2 amide bonds. The smallest absolute Gasteiger partial charge is 0.243 e. The minimum atomic E-state index is -3.93. The molecule has 2 aliphatic rings.